The first kappa shape index (κ1) is 17.0. The number of nitrogens with zero attached hydrogens (tertiary/aromatic N) is 4. The van der Waals surface area contributed by atoms with Gasteiger partial charge in [-0.15, -0.1) is 0 Å². The molecule has 1 aliphatic rings. The van der Waals surface area contributed by atoms with E-state index < -0.39 is 0 Å². The number of piperazine rings is 1. The topological polar surface area (TPSA) is 50.6 Å². The largest absolute Gasteiger partial charge is 0.385 e. The molecule has 6 nitrogen and oxygen atoms in total. The summed E-state index contributed by atoms with van der Waals surface area (Å²) in [5.74, 6) is 0.122. The number of hydrogen-bond acceptors (Lipinski definition) is 4. The highest BCUT2D eigenvalue weighted by Crippen LogP contribution is 2.13. The van der Waals surface area contributed by atoms with Gasteiger partial charge in [-0.1, -0.05) is 6.92 Å². The number of hydrogen-bond donors (Lipinski definition) is 0. The van der Waals surface area contributed by atoms with Crippen LogP contribution in [0.3, 0.4) is 0 Å². The third-order valence-corrected chi connectivity index (χ3v) is 4.25. The van der Waals surface area contributed by atoms with Gasteiger partial charge in [0, 0.05) is 58.7 Å². The van der Waals surface area contributed by atoms with Crippen molar-refractivity contribution in [3.8, 4) is 0 Å². The Labute approximate surface area is 133 Å². The molecule has 0 unspecified atom stereocenters. The van der Waals surface area contributed by atoms with Crippen molar-refractivity contribution >= 4 is 5.91 Å². The van der Waals surface area contributed by atoms with Crippen LogP contribution in [0.25, 0.3) is 0 Å². The lowest BCUT2D eigenvalue weighted by Crippen LogP contribution is -2.49. The molecule has 2 rings (SSSR count). The highest BCUT2D eigenvalue weighted by atomic mass is 16.5. The van der Waals surface area contributed by atoms with Crippen LogP contribution in [-0.2, 0) is 11.3 Å². The molecule has 1 aliphatic heterocycles. The summed E-state index contributed by atoms with van der Waals surface area (Å²) in [5, 5.41) is 4.33. The molecule has 0 N–H and O–H groups in total. The van der Waals surface area contributed by atoms with E-state index in [-0.39, 0.29) is 5.91 Å². The fourth-order valence-corrected chi connectivity index (χ4v) is 2.87. The number of aromatic nitrogens is 2. The van der Waals surface area contributed by atoms with Gasteiger partial charge in [-0.25, -0.2) is 0 Å². The van der Waals surface area contributed by atoms with E-state index in [0.717, 1.165) is 70.0 Å². The van der Waals surface area contributed by atoms with Crippen molar-refractivity contribution in [1.82, 2.24) is 19.6 Å². The molecular weight excluding hydrogens is 280 g/mol. The molecule has 0 bridgehead atoms. The van der Waals surface area contributed by atoms with Crippen LogP contribution in [0.4, 0.5) is 0 Å². The summed E-state index contributed by atoms with van der Waals surface area (Å²) < 4.78 is 7.01. The summed E-state index contributed by atoms with van der Waals surface area (Å²) in [4.78, 5) is 17.0. The molecule has 0 aromatic carbocycles. The normalized spacial score (nSPS) is 16.2. The predicted molar refractivity (Wildman–Crippen MR) is 86.1 cm³/mol. The Hall–Kier alpha value is -1.40. The highest BCUT2D eigenvalue weighted by Gasteiger charge is 2.24. The second kappa shape index (κ2) is 8.29. The summed E-state index contributed by atoms with van der Waals surface area (Å²) in [5.41, 5.74) is 1.73. The molecule has 1 aromatic rings. The third kappa shape index (κ3) is 4.08. The van der Waals surface area contributed by atoms with Gasteiger partial charge in [0.15, 0.2) is 0 Å². The number of aryl methyl sites for hydroxylation is 1. The molecule has 1 aromatic heterocycles. The van der Waals surface area contributed by atoms with Crippen LogP contribution in [0.1, 0.15) is 35.8 Å². The summed E-state index contributed by atoms with van der Waals surface area (Å²) >= 11 is 0. The summed E-state index contributed by atoms with van der Waals surface area (Å²) in [6.07, 6.45) is 3.79. The van der Waals surface area contributed by atoms with Gasteiger partial charge in [0.1, 0.15) is 0 Å². The number of ether oxygens (including phenoxy) is 1. The van der Waals surface area contributed by atoms with Gasteiger partial charge in [-0.05, 0) is 19.8 Å². The first-order chi connectivity index (χ1) is 10.7. The lowest BCUT2D eigenvalue weighted by atomic mass is 10.2. The van der Waals surface area contributed by atoms with E-state index in [1.165, 1.54) is 0 Å². The van der Waals surface area contributed by atoms with E-state index in [4.69, 9.17) is 4.74 Å². The minimum absolute atomic E-state index is 0.122. The second-order valence-electron chi connectivity index (χ2n) is 5.85. The molecule has 6 heteroatoms. The van der Waals surface area contributed by atoms with Crippen LogP contribution in [0.2, 0.25) is 0 Å². The van der Waals surface area contributed by atoms with Crippen LogP contribution in [0.15, 0.2) is 6.20 Å². The van der Waals surface area contributed by atoms with E-state index in [1.807, 2.05) is 16.5 Å². The van der Waals surface area contributed by atoms with Gasteiger partial charge in [0.25, 0.3) is 5.91 Å². The van der Waals surface area contributed by atoms with Gasteiger partial charge in [0.05, 0.1) is 11.8 Å². The van der Waals surface area contributed by atoms with E-state index in [0.29, 0.717) is 0 Å². The molecule has 124 valence electrons. The predicted octanol–water partition coefficient (Wildman–Crippen LogP) is 1.40. The van der Waals surface area contributed by atoms with Crippen molar-refractivity contribution in [1.29, 1.82) is 0 Å². The molecule has 0 aliphatic carbocycles. The second-order valence-corrected chi connectivity index (χ2v) is 5.85. The number of amides is 1. The molecule has 0 atom stereocenters. The monoisotopic (exact) mass is 308 g/mol. The Morgan fingerprint density at radius 2 is 2.00 bits per heavy atom. The number of rotatable bonds is 7. The van der Waals surface area contributed by atoms with Crippen molar-refractivity contribution in [3.05, 3.63) is 17.5 Å². The standard InChI is InChI=1S/C16H28N4O2/c1-4-6-20-14(2)15(13-17-20)16(21)19-10-8-18(9-11-19)7-5-12-22-3/h13H,4-12H2,1-3H3. The van der Waals surface area contributed by atoms with Gasteiger partial charge >= 0.3 is 0 Å². The Balaban J connectivity index is 1.87. The SMILES string of the molecule is CCCn1ncc(C(=O)N2CCN(CCCOC)CC2)c1C. The van der Waals surface area contributed by atoms with Crippen molar-refractivity contribution in [3.63, 3.8) is 0 Å². The molecule has 0 spiro atoms. The van der Waals surface area contributed by atoms with Crippen molar-refractivity contribution in [2.75, 3.05) is 46.4 Å². The van der Waals surface area contributed by atoms with E-state index in [9.17, 15) is 4.79 Å². The molecule has 0 saturated carbocycles. The van der Waals surface area contributed by atoms with Crippen LogP contribution in [0, 0.1) is 6.92 Å². The van der Waals surface area contributed by atoms with Crippen LogP contribution in [-0.4, -0.2) is 71.9 Å². The third-order valence-electron chi connectivity index (χ3n) is 4.25. The lowest BCUT2D eigenvalue weighted by molar-refractivity contribution is 0.0623. The summed E-state index contributed by atoms with van der Waals surface area (Å²) in [6.45, 7) is 10.3. The first-order valence-corrected chi connectivity index (χ1v) is 8.20. The van der Waals surface area contributed by atoms with Crippen molar-refractivity contribution < 1.29 is 9.53 Å². The van der Waals surface area contributed by atoms with Gasteiger partial charge in [0.2, 0.25) is 0 Å². The molecule has 0 radical (unpaired) electrons. The summed E-state index contributed by atoms with van der Waals surface area (Å²) in [7, 11) is 1.73. The maximum Gasteiger partial charge on any atom is 0.257 e. The van der Waals surface area contributed by atoms with E-state index in [2.05, 4.69) is 16.9 Å². The molecule has 22 heavy (non-hydrogen) atoms. The van der Waals surface area contributed by atoms with Crippen molar-refractivity contribution in [2.24, 2.45) is 0 Å². The Morgan fingerprint density at radius 3 is 2.64 bits per heavy atom. The highest BCUT2D eigenvalue weighted by molar-refractivity contribution is 5.95. The fraction of sp³-hybridized carbons (Fsp3) is 0.750. The Morgan fingerprint density at radius 1 is 1.27 bits per heavy atom. The molecule has 1 saturated heterocycles. The zero-order valence-corrected chi connectivity index (χ0v) is 14.0. The maximum atomic E-state index is 12.6. The number of carbonyl (C=O) groups excluding carboxylic acids is 1. The van der Waals surface area contributed by atoms with Crippen LogP contribution >= 0.6 is 0 Å². The van der Waals surface area contributed by atoms with Gasteiger partial charge < -0.3 is 9.64 Å². The zero-order chi connectivity index (χ0) is 15.9. The van der Waals surface area contributed by atoms with E-state index >= 15 is 0 Å². The Bertz CT molecular complexity index is 478. The lowest BCUT2D eigenvalue weighted by Gasteiger charge is -2.34. The summed E-state index contributed by atoms with van der Waals surface area (Å²) in [6, 6.07) is 0. The van der Waals surface area contributed by atoms with Gasteiger partial charge in [-0.3, -0.25) is 14.4 Å². The minimum atomic E-state index is 0.122. The molecule has 2 heterocycles. The van der Waals surface area contributed by atoms with Crippen molar-refractivity contribution in [2.45, 2.75) is 33.2 Å². The first-order valence-electron chi connectivity index (χ1n) is 8.20. The zero-order valence-electron chi connectivity index (χ0n) is 14.0. The minimum Gasteiger partial charge on any atom is -0.385 e. The number of carbonyl (C=O) groups is 1. The molecule has 1 fully saturated rings. The maximum absolute atomic E-state index is 12.6. The average molecular weight is 308 g/mol. The molecular formula is C16H28N4O2. The fourth-order valence-electron chi connectivity index (χ4n) is 2.87. The molecule has 1 amide bonds. The van der Waals surface area contributed by atoms with Gasteiger partial charge in [-0.2, -0.15) is 5.10 Å². The quantitative estimate of drug-likeness (QED) is 0.715. The average Bonchev–Trinajstić information content (AvgIpc) is 2.89. The van der Waals surface area contributed by atoms with E-state index in [1.54, 1.807) is 13.3 Å². The van der Waals surface area contributed by atoms with Crippen LogP contribution < -0.4 is 0 Å². The van der Waals surface area contributed by atoms with Crippen LogP contribution in [0.5, 0.6) is 0 Å². The Kier molecular flexibility index (Phi) is 6.39. The number of methoxy groups -OCH3 is 1. The smallest absolute Gasteiger partial charge is 0.257 e.